The Morgan fingerprint density at radius 2 is 1.61 bits per heavy atom. The van der Waals surface area contributed by atoms with Gasteiger partial charge in [0.1, 0.15) is 0 Å². The molecule has 4 rings (SSSR count). The van der Waals surface area contributed by atoms with Crippen LogP contribution in [0.3, 0.4) is 0 Å². The van der Waals surface area contributed by atoms with Crippen molar-refractivity contribution < 1.29 is 26.2 Å². The van der Waals surface area contributed by atoms with Gasteiger partial charge in [-0.25, -0.2) is 0 Å². The first-order chi connectivity index (χ1) is 10.7. The fourth-order valence-corrected chi connectivity index (χ4v) is 3.37. The summed E-state index contributed by atoms with van der Waals surface area (Å²) in [6.07, 6.45) is 3.51. The van der Waals surface area contributed by atoms with Crippen LogP contribution in [-0.2, 0) is 32.6 Å². The summed E-state index contributed by atoms with van der Waals surface area (Å²) in [5.74, 6) is 0.622. The van der Waals surface area contributed by atoms with E-state index in [2.05, 4.69) is 80.6 Å². The zero-order valence-corrected chi connectivity index (χ0v) is 16.1. The first-order valence-corrected chi connectivity index (χ1v) is 8.04. The quantitative estimate of drug-likeness (QED) is 0.508. The number of allylic oxidation sites excluding steroid dienone is 1. The van der Waals surface area contributed by atoms with Gasteiger partial charge in [0.25, 0.3) is 0 Å². The van der Waals surface area contributed by atoms with Crippen molar-refractivity contribution in [2.45, 2.75) is 20.3 Å². The number of rotatable bonds is 2. The number of hydrogen-bond acceptors (Lipinski definition) is 0. The van der Waals surface area contributed by atoms with Gasteiger partial charge in [0, 0.05) is 26.2 Å². The first-order valence-electron chi connectivity index (χ1n) is 8.04. The van der Waals surface area contributed by atoms with Crippen molar-refractivity contribution in [2.24, 2.45) is 5.92 Å². The van der Waals surface area contributed by atoms with E-state index in [4.69, 9.17) is 0 Å². The van der Waals surface area contributed by atoms with Gasteiger partial charge in [0.2, 0.25) is 0 Å². The van der Waals surface area contributed by atoms with Crippen LogP contribution in [0.4, 0.5) is 0 Å². The molecule has 0 aromatic heterocycles. The predicted molar refractivity (Wildman–Crippen MR) is 95.9 cm³/mol. The second-order valence-electron chi connectivity index (χ2n) is 6.49. The van der Waals surface area contributed by atoms with E-state index in [1.165, 1.54) is 33.0 Å². The summed E-state index contributed by atoms with van der Waals surface area (Å²) in [5, 5.41) is 2.61. The minimum Gasteiger partial charge on any atom is -0.0626 e. The summed E-state index contributed by atoms with van der Waals surface area (Å²) in [6, 6.07) is 22.1. The second kappa shape index (κ2) is 6.58. The second-order valence-corrected chi connectivity index (χ2v) is 6.49. The molecule has 1 aliphatic rings. The maximum absolute atomic E-state index is 2.41. The van der Waals surface area contributed by atoms with Crippen molar-refractivity contribution in [3.63, 3.8) is 0 Å². The van der Waals surface area contributed by atoms with E-state index in [0.29, 0.717) is 5.92 Å². The molecule has 0 spiro atoms. The molecule has 0 atom stereocenters. The van der Waals surface area contributed by atoms with Crippen LogP contribution in [0.1, 0.15) is 25.0 Å². The average molecular weight is 376 g/mol. The van der Waals surface area contributed by atoms with Gasteiger partial charge < -0.3 is 0 Å². The Labute approximate surface area is 157 Å². The molecule has 0 unspecified atom stereocenters. The van der Waals surface area contributed by atoms with Gasteiger partial charge in [0.15, 0.2) is 0 Å². The molecule has 3 aromatic carbocycles. The topological polar surface area (TPSA) is 0 Å². The van der Waals surface area contributed by atoms with Gasteiger partial charge in [-0.15, -0.1) is 0 Å². The maximum Gasteiger partial charge on any atom is 0 e. The zero-order valence-electron chi connectivity index (χ0n) is 13.6. The van der Waals surface area contributed by atoms with E-state index in [-0.39, 0.29) is 26.2 Å². The summed E-state index contributed by atoms with van der Waals surface area (Å²) in [7, 11) is 0. The minimum absolute atomic E-state index is 0. The molecule has 0 N–H and O–H groups in total. The van der Waals surface area contributed by atoms with Crippen LogP contribution in [0.15, 0.2) is 66.2 Å². The van der Waals surface area contributed by atoms with E-state index in [9.17, 15) is 0 Å². The summed E-state index contributed by atoms with van der Waals surface area (Å²) < 4.78 is 0. The van der Waals surface area contributed by atoms with Crippen LogP contribution in [0.5, 0.6) is 0 Å². The zero-order chi connectivity index (χ0) is 15.1. The van der Waals surface area contributed by atoms with Crippen molar-refractivity contribution in [3.8, 4) is 11.1 Å². The molecule has 0 saturated heterocycles. The van der Waals surface area contributed by atoms with E-state index >= 15 is 0 Å². The monoisotopic (exact) mass is 374 g/mol. The van der Waals surface area contributed by atoms with Gasteiger partial charge in [-0.1, -0.05) is 80.1 Å². The summed E-state index contributed by atoms with van der Waals surface area (Å²) in [4.78, 5) is 0. The molecule has 0 aliphatic heterocycles. The molecular weight excluding hydrogens is 355 g/mol. The molecule has 0 fully saturated rings. The number of hydrogen-bond donors (Lipinski definition) is 0. The third kappa shape index (κ3) is 3.00. The van der Waals surface area contributed by atoms with Gasteiger partial charge in [0.05, 0.1) is 0 Å². The number of benzene rings is 3. The van der Waals surface area contributed by atoms with Crippen molar-refractivity contribution in [1.29, 1.82) is 0 Å². The van der Waals surface area contributed by atoms with Gasteiger partial charge in [-0.05, 0) is 51.4 Å². The van der Waals surface area contributed by atoms with Gasteiger partial charge >= 0.3 is 0 Å². The predicted octanol–water partition coefficient (Wildman–Crippen LogP) is 6.10. The first kappa shape index (κ1) is 16.4. The number of fused-ring (bicyclic) bond motifs is 2. The van der Waals surface area contributed by atoms with Crippen LogP contribution in [0, 0.1) is 5.92 Å². The summed E-state index contributed by atoms with van der Waals surface area (Å²) in [5.41, 5.74) is 7.11. The van der Waals surface area contributed by atoms with Crippen molar-refractivity contribution in [3.05, 3.63) is 77.4 Å². The Morgan fingerprint density at radius 1 is 0.826 bits per heavy atom. The Bertz CT molecular complexity index is 887. The van der Waals surface area contributed by atoms with Crippen LogP contribution in [0.2, 0.25) is 0 Å². The van der Waals surface area contributed by atoms with E-state index < -0.39 is 0 Å². The molecule has 0 saturated carbocycles. The fraction of sp³-hybridized carbons (Fsp3) is 0.182. The molecule has 112 valence electrons. The smallest absolute Gasteiger partial charge is 0 e. The Kier molecular flexibility index (Phi) is 4.69. The molecule has 0 heterocycles. The average Bonchev–Trinajstić information content (AvgIpc) is 2.99. The van der Waals surface area contributed by atoms with E-state index in [1.807, 2.05) is 0 Å². The largest absolute Gasteiger partial charge is 0.0626 e. The third-order valence-electron chi connectivity index (χ3n) is 4.72. The van der Waals surface area contributed by atoms with Crippen LogP contribution >= 0.6 is 0 Å². The molecular formula is C22H20Zr. The maximum atomic E-state index is 2.41. The van der Waals surface area contributed by atoms with Crippen LogP contribution in [-0.4, -0.2) is 0 Å². The Morgan fingerprint density at radius 3 is 2.39 bits per heavy atom. The Hall–Kier alpha value is -1.46. The molecule has 23 heavy (non-hydrogen) atoms. The van der Waals surface area contributed by atoms with Crippen molar-refractivity contribution in [1.82, 2.24) is 0 Å². The molecule has 1 aliphatic carbocycles. The SMILES string of the molecule is CC(C)C1=Cc2c(cccc2-c2ccc3ccccc3c2)C1.[Zr]. The summed E-state index contributed by atoms with van der Waals surface area (Å²) >= 11 is 0. The van der Waals surface area contributed by atoms with Gasteiger partial charge in [-0.3, -0.25) is 0 Å². The molecule has 0 amide bonds. The van der Waals surface area contributed by atoms with Crippen molar-refractivity contribution >= 4 is 16.8 Å². The molecule has 0 bridgehead atoms. The van der Waals surface area contributed by atoms with Crippen LogP contribution in [0.25, 0.3) is 28.0 Å². The molecule has 0 radical (unpaired) electrons. The summed E-state index contributed by atoms with van der Waals surface area (Å²) in [6.45, 7) is 4.57. The van der Waals surface area contributed by atoms with E-state index in [0.717, 1.165) is 6.42 Å². The molecule has 0 nitrogen and oxygen atoms in total. The molecule has 3 aromatic rings. The standard InChI is InChI=1S/C22H20.Zr/c1-15(2)20-13-18-8-5-9-21(22(18)14-20)19-11-10-16-6-3-4-7-17(16)12-19;/h3-12,14-15H,13H2,1-2H3;. The third-order valence-corrected chi connectivity index (χ3v) is 4.72. The van der Waals surface area contributed by atoms with Crippen LogP contribution < -0.4 is 0 Å². The van der Waals surface area contributed by atoms with E-state index in [1.54, 1.807) is 5.57 Å². The minimum atomic E-state index is 0. The molecule has 1 heteroatoms. The van der Waals surface area contributed by atoms with Crippen molar-refractivity contribution in [2.75, 3.05) is 0 Å². The fourth-order valence-electron chi connectivity index (χ4n) is 3.37. The van der Waals surface area contributed by atoms with Gasteiger partial charge in [-0.2, -0.15) is 0 Å². The Balaban J connectivity index is 0.00000156. The normalized spacial score (nSPS) is 12.9.